The smallest absolute Gasteiger partial charge is 0.166 e. The molecule has 28 heavy (non-hydrogen) atoms. The van der Waals surface area contributed by atoms with Gasteiger partial charge in [-0.3, -0.25) is 4.99 Å². The average Bonchev–Trinajstić information content (AvgIpc) is 3.13. The molecule has 0 bridgehead atoms. The molecule has 4 nitrogen and oxygen atoms in total. The number of hydrogen-bond donors (Lipinski definition) is 1. The first kappa shape index (κ1) is 18.5. The molecule has 1 aromatic heterocycles. The SMILES string of the molecule is COc1cc(Cl)cc(C=Nc2cccc(-c3nc4ccccc4s3)c2C)c1O. The van der Waals surface area contributed by atoms with Crippen molar-refractivity contribution in [3.8, 4) is 22.1 Å². The van der Waals surface area contributed by atoms with Crippen LogP contribution in [-0.4, -0.2) is 23.4 Å². The van der Waals surface area contributed by atoms with Gasteiger partial charge in [-0.25, -0.2) is 4.98 Å². The highest BCUT2D eigenvalue weighted by molar-refractivity contribution is 7.21. The van der Waals surface area contributed by atoms with Gasteiger partial charge in [0, 0.05) is 28.4 Å². The van der Waals surface area contributed by atoms with Crippen LogP contribution < -0.4 is 4.74 Å². The Balaban J connectivity index is 1.73. The third kappa shape index (κ3) is 3.46. The highest BCUT2D eigenvalue weighted by Gasteiger charge is 2.12. The standard InChI is InChI=1S/C22H17ClN2O2S/c1-13-16(22-25-18-7-3-4-9-20(18)28-22)6-5-8-17(13)24-12-14-10-15(23)11-19(27-2)21(14)26/h3-12,26H,1-2H3. The van der Waals surface area contributed by atoms with E-state index >= 15 is 0 Å². The van der Waals surface area contributed by atoms with Crippen LogP contribution in [0.3, 0.4) is 0 Å². The molecule has 0 atom stereocenters. The molecule has 0 aliphatic rings. The second kappa shape index (κ2) is 7.62. The predicted octanol–water partition coefficient (Wildman–Crippen LogP) is 6.39. The number of para-hydroxylation sites is 1. The summed E-state index contributed by atoms with van der Waals surface area (Å²) in [4.78, 5) is 9.32. The minimum absolute atomic E-state index is 0.00984. The van der Waals surface area contributed by atoms with Crippen molar-refractivity contribution >= 4 is 45.1 Å². The minimum atomic E-state index is 0.00984. The number of fused-ring (bicyclic) bond motifs is 1. The molecule has 0 unspecified atom stereocenters. The average molecular weight is 409 g/mol. The summed E-state index contributed by atoms with van der Waals surface area (Å²) >= 11 is 7.76. The lowest BCUT2D eigenvalue weighted by Gasteiger charge is -2.08. The largest absolute Gasteiger partial charge is 0.504 e. The van der Waals surface area contributed by atoms with Gasteiger partial charge in [0.2, 0.25) is 0 Å². The lowest BCUT2D eigenvalue weighted by molar-refractivity contribution is 0.373. The van der Waals surface area contributed by atoms with Crippen LogP contribution in [0.15, 0.2) is 59.6 Å². The quantitative estimate of drug-likeness (QED) is 0.398. The van der Waals surface area contributed by atoms with E-state index in [2.05, 4.69) is 11.1 Å². The lowest BCUT2D eigenvalue weighted by atomic mass is 10.1. The van der Waals surface area contributed by atoms with Gasteiger partial charge in [0.15, 0.2) is 11.5 Å². The molecule has 0 spiro atoms. The highest BCUT2D eigenvalue weighted by atomic mass is 35.5. The number of aromatic hydroxyl groups is 1. The zero-order valence-electron chi connectivity index (χ0n) is 15.3. The van der Waals surface area contributed by atoms with E-state index < -0.39 is 0 Å². The zero-order valence-corrected chi connectivity index (χ0v) is 16.9. The number of rotatable bonds is 4. The number of nitrogens with zero attached hydrogens (tertiary/aromatic N) is 2. The molecule has 3 aromatic carbocycles. The first-order valence-electron chi connectivity index (χ1n) is 8.63. The van der Waals surface area contributed by atoms with E-state index in [0.717, 1.165) is 32.0 Å². The molecule has 0 aliphatic heterocycles. The van der Waals surface area contributed by atoms with E-state index in [4.69, 9.17) is 21.3 Å². The van der Waals surface area contributed by atoms with Gasteiger partial charge in [-0.15, -0.1) is 11.3 Å². The Hall–Kier alpha value is -2.89. The van der Waals surface area contributed by atoms with Crippen molar-refractivity contribution in [3.63, 3.8) is 0 Å². The monoisotopic (exact) mass is 408 g/mol. The second-order valence-corrected chi connectivity index (χ2v) is 7.71. The number of phenols is 1. The summed E-state index contributed by atoms with van der Waals surface area (Å²) in [6.45, 7) is 2.02. The van der Waals surface area contributed by atoms with Crippen molar-refractivity contribution in [2.75, 3.05) is 7.11 Å². The molecule has 140 valence electrons. The van der Waals surface area contributed by atoms with Crippen molar-refractivity contribution in [1.29, 1.82) is 0 Å². The number of benzene rings is 3. The minimum Gasteiger partial charge on any atom is -0.504 e. The van der Waals surface area contributed by atoms with Crippen LogP contribution in [0.2, 0.25) is 5.02 Å². The van der Waals surface area contributed by atoms with Crippen molar-refractivity contribution in [2.24, 2.45) is 4.99 Å². The topological polar surface area (TPSA) is 54.7 Å². The number of aromatic nitrogens is 1. The molecule has 0 aliphatic carbocycles. The molecule has 1 heterocycles. The fourth-order valence-electron chi connectivity index (χ4n) is 2.97. The van der Waals surface area contributed by atoms with E-state index in [1.54, 1.807) is 29.7 Å². The Kier molecular flexibility index (Phi) is 5.03. The molecule has 0 amide bonds. The van der Waals surface area contributed by atoms with Gasteiger partial charge >= 0.3 is 0 Å². The first-order chi connectivity index (χ1) is 13.6. The zero-order chi connectivity index (χ0) is 19.7. The third-order valence-corrected chi connectivity index (χ3v) is 5.75. The fraction of sp³-hybridized carbons (Fsp3) is 0.0909. The van der Waals surface area contributed by atoms with Crippen molar-refractivity contribution in [3.05, 3.63) is 70.7 Å². The Morgan fingerprint density at radius 2 is 1.96 bits per heavy atom. The van der Waals surface area contributed by atoms with Crippen LogP contribution in [-0.2, 0) is 0 Å². The number of phenolic OH excluding ortho intramolecular Hbond substituents is 1. The van der Waals surface area contributed by atoms with E-state index in [9.17, 15) is 5.11 Å². The van der Waals surface area contributed by atoms with Crippen LogP contribution in [0.5, 0.6) is 11.5 Å². The van der Waals surface area contributed by atoms with Gasteiger partial charge in [0.1, 0.15) is 5.01 Å². The molecule has 4 rings (SSSR count). The molecular weight excluding hydrogens is 392 g/mol. The van der Waals surface area contributed by atoms with Crippen LogP contribution in [0, 0.1) is 6.92 Å². The van der Waals surface area contributed by atoms with Crippen LogP contribution in [0.4, 0.5) is 5.69 Å². The molecule has 6 heteroatoms. The number of hydrogen-bond acceptors (Lipinski definition) is 5. The Bertz CT molecular complexity index is 1170. The van der Waals surface area contributed by atoms with Crippen molar-refractivity contribution in [2.45, 2.75) is 6.92 Å². The van der Waals surface area contributed by atoms with Crippen molar-refractivity contribution < 1.29 is 9.84 Å². The third-order valence-electron chi connectivity index (χ3n) is 4.46. The van der Waals surface area contributed by atoms with Gasteiger partial charge in [-0.1, -0.05) is 35.9 Å². The summed E-state index contributed by atoms with van der Waals surface area (Å²) in [6.07, 6.45) is 1.59. The highest BCUT2D eigenvalue weighted by Crippen LogP contribution is 2.36. The molecule has 1 N–H and O–H groups in total. The van der Waals surface area contributed by atoms with Crippen LogP contribution in [0.1, 0.15) is 11.1 Å². The molecule has 0 fully saturated rings. The number of aliphatic imine (C=N–C) groups is 1. The summed E-state index contributed by atoms with van der Waals surface area (Å²) in [7, 11) is 1.48. The van der Waals surface area contributed by atoms with Gasteiger partial charge in [-0.2, -0.15) is 0 Å². The molecule has 0 radical (unpaired) electrons. The van der Waals surface area contributed by atoms with E-state index in [1.807, 2.05) is 43.3 Å². The maximum atomic E-state index is 10.3. The first-order valence-corrected chi connectivity index (χ1v) is 9.82. The van der Waals surface area contributed by atoms with Gasteiger partial charge in [0.25, 0.3) is 0 Å². The Labute approximate surface area is 171 Å². The molecule has 0 saturated carbocycles. The van der Waals surface area contributed by atoms with E-state index in [-0.39, 0.29) is 5.75 Å². The van der Waals surface area contributed by atoms with Gasteiger partial charge < -0.3 is 9.84 Å². The molecule has 0 saturated heterocycles. The fourth-order valence-corrected chi connectivity index (χ4v) is 4.23. The number of methoxy groups -OCH3 is 1. The Morgan fingerprint density at radius 1 is 1.14 bits per heavy atom. The van der Waals surface area contributed by atoms with E-state index in [1.165, 1.54) is 7.11 Å². The van der Waals surface area contributed by atoms with Gasteiger partial charge in [-0.05, 0) is 36.8 Å². The van der Waals surface area contributed by atoms with Crippen LogP contribution in [0.25, 0.3) is 20.8 Å². The normalized spacial score (nSPS) is 11.4. The van der Waals surface area contributed by atoms with Crippen LogP contribution >= 0.6 is 22.9 Å². The number of ether oxygens (including phenoxy) is 1. The summed E-state index contributed by atoms with van der Waals surface area (Å²) in [5.74, 6) is 0.324. The number of thiazole rings is 1. The predicted molar refractivity (Wildman–Crippen MR) is 117 cm³/mol. The van der Waals surface area contributed by atoms with Gasteiger partial charge in [0.05, 0.1) is 23.0 Å². The van der Waals surface area contributed by atoms with Crippen molar-refractivity contribution in [1.82, 2.24) is 4.98 Å². The lowest BCUT2D eigenvalue weighted by Crippen LogP contribution is -1.90. The molecule has 4 aromatic rings. The summed E-state index contributed by atoms with van der Waals surface area (Å²) in [5.41, 5.74) is 4.35. The summed E-state index contributed by atoms with van der Waals surface area (Å²) < 4.78 is 6.30. The summed E-state index contributed by atoms with van der Waals surface area (Å²) in [6, 6.07) is 17.2. The maximum absolute atomic E-state index is 10.3. The maximum Gasteiger partial charge on any atom is 0.166 e. The molecular formula is C22H17ClN2O2S. The Morgan fingerprint density at radius 3 is 2.75 bits per heavy atom. The second-order valence-electron chi connectivity index (χ2n) is 6.24. The number of halogens is 1. The summed E-state index contributed by atoms with van der Waals surface area (Å²) in [5, 5.41) is 11.7. The van der Waals surface area contributed by atoms with E-state index in [0.29, 0.717) is 16.3 Å².